The minimum Gasteiger partial charge on any atom is -0.479 e. The van der Waals surface area contributed by atoms with Gasteiger partial charge in [-0.1, -0.05) is 0 Å². The highest BCUT2D eigenvalue weighted by Gasteiger charge is 2.32. The lowest BCUT2D eigenvalue weighted by molar-refractivity contribution is -0.386. The van der Waals surface area contributed by atoms with E-state index in [0.29, 0.717) is 17.9 Å². The molecule has 1 unspecified atom stereocenters. The van der Waals surface area contributed by atoms with E-state index < -0.39 is 17.0 Å². The standard InChI is InChI=1S/C14H20N4O6/c1-8-6-16(7-11(24-8)14(20)21)12(19)4-5-17-10(3)13(18(22)23)9(2)15-17/h8,11H,4-7H2,1-3H3,(H,20,21)/t8-,11?/m1/s1. The van der Waals surface area contributed by atoms with E-state index in [2.05, 4.69) is 5.10 Å². The maximum absolute atomic E-state index is 12.3. The van der Waals surface area contributed by atoms with Crippen molar-refractivity contribution in [3.05, 3.63) is 21.5 Å². The molecule has 1 aromatic heterocycles. The molecule has 1 saturated heterocycles. The number of carbonyl (C=O) groups excluding carboxylic acids is 1. The minimum absolute atomic E-state index is 0.00419. The molecule has 24 heavy (non-hydrogen) atoms. The second-order valence-electron chi connectivity index (χ2n) is 5.82. The molecule has 10 nitrogen and oxygen atoms in total. The Morgan fingerprint density at radius 2 is 2.08 bits per heavy atom. The van der Waals surface area contributed by atoms with Gasteiger partial charge in [0.25, 0.3) is 0 Å². The average molecular weight is 340 g/mol. The zero-order valence-electron chi connectivity index (χ0n) is 13.8. The lowest BCUT2D eigenvalue weighted by Gasteiger charge is -2.35. The van der Waals surface area contributed by atoms with Gasteiger partial charge in [0.1, 0.15) is 11.4 Å². The fourth-order valence-corrected chi connectivity index (χ4v) is 2.82. The number of hydrogen-bond donors (Lipinski definition) is 1. The predicted octanol–water partition coefficient (Wildman–Crippen LogP) is 0.499. The number of aryl methyl sites for hydroxylation is 2. The Bertz CT molecular complexity index is 670. The van der Waals surface area contributed by atoms with Crippen LogP contribution in [0.4, 0.5) is 5.69 Å². The van der Waals surface area contributed by atoms with Crippen LogP contribution in [-0.4, -0.2) is 61.9 Å². The molecular formula is C14H20N4O6. The third-order valence-electron chi connectivity index (χ3n) is 3.95. The predicted molar refractivity (Wildman–Crippen MR) is 81.5 cm³/mol. The van der Waals surface area contributed by atoms with Gasteiger partial charge in [-0.3, -0.25) is 19.6 Å². The van der Waals surface area contributed by atoms with E-state index in [1.807, 2.05) is 0 Å². The van der Waals surface area contributed by atoms with Gasteiger partial charge < -0.3 is 14.7 Å². The molecule has 0 radical (unpaired) electrons. The third-order valence-corrected chi connectivity index (χ3v) is 3.95. The Kier molecular flexibility index (Phi) is 5.17. The largest absolute Gasteiger partial charge is 0.479 e. The number of carboxylic acids is 1. The summed E-state index contributed by atoms with van der Waals surface area (Å²) < 4.78 is 6.70. The topological polar surface area (TPSA) is 128 Å². The normalized spacial score (nSPS) is 20.9. The highest BCUT2D eigenvalue weighted by molar-refractivity contribution is 5.78. The summed E-state index contributed by atoms with van der Waals surface area (Å²) in [6.07, 6.45) is -1.32. The maximum Gasteiger partial charge on any atom is 0.334 e. The summed E-state index contributed by atoms with van der Waals surface area (Å²) in [5.41, 5.74) is 0.647. The average Bonchev–Trinajstić information content (AvgIpc) is 2.78. The number of hydrogen-bond acceptors (Lipinski definition) is 6. The molecule has 0 bridgehead atoms. The van der Waals surface area contributed by atoms with E-state index in [-0.39, 0.29) is 37.2 Å². The molecule has 0 saturated carbocycles. The van der Waals surface area contributed by atoms with Crippen molar-refractivity contribution in [1.82, 2.24) is 14.7 Å². The Labute approximate surface area is 138 Å². The Morgan fingerprint density at radius 3 is 2.62 bits per heavy atom. The van der Waals surface area contributed by atoms with Crippen molar-refractivity contribution in [2.24, 2.45) is 0 Å². The van der Waals surface area contributed by atoms with Crippen LogP contribution in [0.1, 0.15) is 24.7 Å². The van der Waals surface area contributed by atoms with Crippen molar-refractivity contribution in [2.75, 3.05) is 13.1 Å². The molecule has 1 aromatic rings. The smallest absolute Gasteiger partial charge is 0.334 e. The van der Waals surface area contributed by atoms with Gasteiger partial charge in [0, 0.05) is 13.0 Å². The Balaban J connectivity index is 2.02. The van der Waals surface area contributed by atoms with Crippen molar-refractivity contribution in [3.8, 4) is 0 Å². The molecule has 2 rings (SSSR count). The van der Waals surface area contributed by atoms with Crippen LogP contribution in [0.5, 0.6) is 0 Å². The van der Waals surface area contributed by atoms with Crippen LogP contribution in [0.15, 0.2) is 0 Å². The van der Waals surface area contributed by atoms with Gasteiger partial charge in [0.05, 0.1) is 24.1 Å². The van der Waals surface area contributed by atoms with Crippen LogP contribution >= 0.6 is 0 Å². The fraction of sp³-hybridized carbons (Fsp3) is 0.643. The number of nitro groups is 1. The molecule has 1 amide bonds. The van der Waals surface area contributed by atoms with E-state index in [4.69, 9.17) is 9.84 Å². The fourth-order valence-electron chi connectivity index (χ4n) is 2.82. The Hall–Kier alpha value is -2.49. The van der Waals surface area contributed by atoms with Gasteiger partial charge in [0.2, 0.25) is 5.91 Å². The van der Waals surface area contributed by atoms with E-state index in [9.17, 15) is 19.7 Å². The molecule has 1 fully saturated rings. The van der Waals surface area contributed by atoms with Crippen molar-refractivity contribution in [3.63, 3.8) is 0 Å². The van der Waals surface area contributed by atoms with Crippen molar-refractivity contribution < 1.29 is 24.4 Å². The van der Waals surface area contributed by atoms with Crippen molar-refractivity contribution >= 4 is 17.6 Å². The molecule has 0 spiro atoms. The molecule has 2 heterocycles. The van der Waals surface area contributed by atoms with E-state index >= 15 is 0 Å². The van der Waals surface area contributed by atoms with Crippen LogP contribution in [0.25, 0.3) is 0 Å². The summed E-state index contributed by atoms with van der Waals surface area (Å²) in [5, 5.41) is 24.1. The summed E-state index contributed by atoms with van der Waals surface area (Å²) in [7, 11) is 0. The minimum atomic E-state index is -1.10. The Morgan fingerprint density at radius 1 is 1.42 bits per heavy atom. The molecule has 1 N–H and O–H groups in total. The number of ether oxygens (including phenoxy) is 1. The zero-order chi connectivity index (χ0) is 18.0. The monoisotopic (exact) mass is 340 g/mol. The van der Waals surface area contributed by atoms with E-state index in [0.717, 1.165) is 0 Å². The summed E-state index contributed by atoms with van der Waals surface area (Å²) in [4.78, 5) is 35.3. The first-order valence-electron chi connectivity index (χ1n) is 7.55. The summed E-state index contributed by atoms with van der Waals surface area (Å²) in [6.45, 7) is 5.35. The number of carbonyl (C=O) groups is 2. The quantitative estimate of drug-likeness (QED) is 0.610. The highest BCUT2D eigenvalue weighted by atomic mass is 16.6. The van der Waals surface area contributed by atoms with Gasteiger partial charge in [0.15, 0.2) is 6.10 Å². The number of aromatic nitrogens is 2. The number of amides is 1. The van der Waals surface area contributed by atoms with E-state index in [1.165, 1.54) is 9.58 Å². The zero-order valence-corrected chi connectivity index (χ0v) is 13.8. The number of aliphatic carboxylic acids is 1. The second-order valence-corrected chi connectivity index (χ2v) is 5.82. The first-order chi connectivity index (χ1) is 11.2. The van der Waals surface area contributed by atoms with Crippen LogP contribution in [-0.2, 0) is 20.9 Å². The summed E-state index contributed by atoms with van der Waals surface area (Å²) in [5.74, 6) is -1.33. The van der Waals surface area contributed by atoms with Gasteiger partial charge >= 0.3 is 11.7 Å². The number of carboxylic acid groups (broad SMARTS) is 1. The van der Waals surface area contributed by atoms with Gasteiger partial charge in [-0.05, 0) is 20.8 Å². The van der Waals surface area contributed by atoms with Gasteiger partial charge in [-0.25, -0.2) is 4.79 Å². The number of morpholine rings is 1. The summed E-state index contributed by atoms with van der Waals surface area (Å²) >= 11 is 0. The molecule has 0 aliphatic carbocycles. The molecule has 0 aromatic carbocycles. The molecule has 132 valence electrons. The SMILES string of the molecule is Cc1nn(CCC(=O)N2CC(C(=O)O)O[C@H](C)C2)c(C)c1[N+](=O)[O-]. The van der Waals surface area contributed by atoms with Crippen LogP contribution in [0.3, 0.4) is 0 Å². The number of nitrogens with zero attached hydrogens (tertiary/aromatic N) is 4. The lowest BCUT2D eigenvalue weighted by atomic mass is 10.2. The lowest BCUT2D eigenvalue weighted by Crippen LogP contribution is -2.51. The maximum atomic E-state index is 12.3. The highest BCUT2D eigenvalue weighted by Crippen LogP contribution is 2.22. The van der Waals surface area contributed by atoms with Crippen LogP contribution < -0.4 is 0 Å². The van der Waals surface area contributed by atoms with Crippen LogP contribution in [0, 0.1) is 24.0 Å². The molecule has 1 aliphatic heterocycles. The molecule has 2 atom stereocenters. The van der Waals surface area contributed by atoms with Crippen molar-refractivity contribution in [1.29, 1.82) is 0 Å². The second kappa shape index (κ2) is 6.95. The molecule has 10 heteroatoms. The van der Waals surface area contributed by atoms with Gasteiger partial charge in [-0.2, -0.15) is 5.10 Å². The van der Waals surface area contributed by atoms with Crippen LogP contribution in [0.2, 0.25) is 0 Å². The first-order valence-corrected chi connectivity index (χ1v) is 7.55. The molecular weight excluding hydrogens is 320 g/mol. The van der Waals surface area contributed by atoms with Gasteiger partial charge in [-0.15, -0.1) is 0 Å². The number of rotatable bonds is 5. The molecule has 1 aliphatic rings. The summed E-state index contributed by atoms with van der Waals surface area (Å²) in [6, 6.07) is 0. The van der Waals surface area contributed by atoms with E-state index in [1.54, 1.807) is 20.8 Å². The van der Waals surface area contributed by atoms with Crippen molar-refractivity contribution in [2.45, 2.75) is 45.9 Å². The first kappa shape index (κ1) is 17.9. The third kappa shape index (κ3) is 3.70.